The predicted molar refractivity (Wildman–Crippen MR) is 102 cm³/mol. The largest absolute Gasteiger partial charge is 0.624 e. The maximum atomic E-state index is 11.7. The summed E-state index contributed by atoms with van der Waals surface area (Å²) in [6.07, 6.45) is 2.33. The molecule has 2 aromatic rings. The Bertz CT molecular complexity index is 668. The van der Waals surface area contributed by atoms with Crippen molar-refractivity contribution in [3.8, 4) is 0 Å². The van der Waals surface area contributed by atoms with E-state index in [2.05, 4.69) is 69.3 Å². The Morgan fingerprint density at radius 1 is 0.958 bits per heavy atom. The maximum absolute atomic E-state index is 11.7. The first-order valence-corrected chi connectivity index (χ1v) is 10.4. The summed E-state index contributed by atoms with van der Waals surface area (Å²) >= 11 is 0. The highest BCUT2D eigenvalue weighted by atomic mass is 28.4. The van der Waals surface area contributed by atoms with Crippen LogP contribution in [0, 0.1) is 5.21 Å². The second-order valence-corrected chi connectivity index (χ2v) is 11.7. The van der Waals surface area contributed by atoms with E-state index in [1.54, 1.807) is 6.21 Å². The topological polar surface area (TPSA) is 35.3 Å². The average Bonchev–Trinajstić information content (AvgIpc) is 2.98. The Morgan fingerprint density at radius 2 is 1.46 bits per heavy atom. The van der Waals surface area contributed by atoms with Crippen LogP contribution in [-0.4, -0.2) is 31.9 Å². The SMILES string of the molecule is CC(C)(C)[Si](O[C@@H]1C=[N+]([O-])CC1)(c1ccccc1)c1ccccc1. The average molecular weight is 340 g/mol. The van der Waals surface area contributed by atoms with Gasteiger partial charge in [0.15, 0.2) is 12.8 Å². The van der Waals surface area contributed by atoms with Gasteiger partial charge in [-0.15, -0.1) is 0 Å². The van der Waals surface area contributed by atoms with Crippen LogP contribution in [0.5, 0.6) is 0 Å². The van der Waals surface area contributed by atoms with Gasteiger partial charge in [0.05, 0.1) is 0 Å². The highest BCUT2D eigenvalue weighted by Gasteiger charge is 2.52. The van der Waals surface area contributed by atoms with Gasteiger partial charge in [0.2, 0.25) is 0 Å². The lowest BCUT2D eigenvalue weighted by atomic mass is 10.2. The third-order valence-electron chi connectivity index (χ3n) is 4.71. The van der Waals surface area contributed by atoms with Crippen molar-refractivity contribution in [3.05, 3.63) is 65.9 Å². The Labute approximate surface area is 145 Å². The lowest BCUT2D eigenvalue weighted by molar-refractivity contribution is -0.443. The van der Waals surface area contributed by atoms with Gasteiger partial charge in [0.25, 0.3) is 8.32 Å². The molecule has 1 heterocycles. The first-order valence-electron chi connectivity index (χ1n) is 8.51. The highest BCUT2D eigenvalue weighted by molar-refractivity contribution is 6.99. The molecule has 0 aliphatic carbocycles. The number of benzene rings is 2. The summed E-state index contributed by atoms with van der Waals surface area (Å²) in [6, 6.07) is 21.1. The molecule has 0 radical (unpaired) electrons. The molecular weight excluding hydrogens is 314 g/mol. The molecule has 1 aliphatic rings. The van der Waals surface area contributed by atoms with Crippen molar-refractivity contribution in [2.75, 3.05) is 6.54 Å². The number of nitrogens with zero attached hydrogens (tertiary/aromatic N) is 1. The minimum Gasteiger partial charge on any atom is -0.624 e. The Kier molecular flexibility index (Phi) is 4.61. The van der Waals surface area contributed by atoms with Crippen molar-refractivity contribution in [1.82, 2.24) is 0 Å². The fraction of sp³-hybridized carbons (Fsp3) is 0.350. The third kappa shape index (κ3) is 3.04. The summed E-state index contributed by atoms with van der Waals surface area (Å²) in [5.74, 6) is 0. The normalized spacial score (nSPS) is 18.5. The summed E-state index contributed by atoms with van der Waals surface area (Å²) < 4.78 is 7.85. The van der Waals surface area contributed by atoms with Crippen molar-refractivity contribution in [1.29, 1.82) is 0 Å². The quantitative estimate of drug-likeness (QED) is 0.488. The molecule has 0 saturated heterocycles. The van der Waals surface area contributed by atoms with Crippen molar-refractivity contribution < 1.29 is 9.16 Å². The van der Waals surface area contributed by atoms with Gasteiger partial charge in [-0.1, -0.05) is 81.4 Å². The van der Waals surface area contributed by atoms with Gasteiger partial charge < -0.3 is 9.63 Å². The minimum atomic E-state index is -2.54. The molecule has 0 fully saturated rings. The number of hydrogen-bond donors (Lipinski definition) is 0. The zero-order chi connectivity index (χ0) is 17.2. The van der Waals surface area contributed by atoms with E-state index in [1.165, 1.54) is 10.4 Å². The fourth-order valence-electron chi connectivity index (χ4n) is 3.60. The zero-order valence-electron chi connectivity index (χ0n) is 14.6. The van der Waals surface area contributed by atoms with E-state index in [0.29, 0.717) is 6.54 Å². The summed E-state index contributed by atoms with van der Waals surface area (Å²) in [5.41, 5.74) is 0. The number of hydroxylamine groups is 1. The van der Waals surface area contributed by atoms with E-state index >= 15 is 0 Å². The molecule has 126 valence electrons. The van der Waals surface area contributed by atoms with E-state index in [0.717, 1.165) is 11.2 Å². The molecule has 0 aromatic heterocycles. The lowest BCUT2D eigenvalue weighted by Gasteiger charge is -2.43. The fourth-order valence-corrected chi connectivity index (χ4v) is 8.24. The Balaban J connectivity index is 2.17. The van der Waals surface area contributed by atoms with Crippen molar-refractivity contribution in [3.63, 3.8) is 0 Å². The Morgan fingerprint density at radius 3 is 1.83 bits per heavy atom. The molecule has 2 aromatic carbocycles. The molecule has 0 unspecified atom stereocenters. The van der Waals surface area contributed by atoms with E-state index in [1.807, 2.05) is 12.1 Å². The van der Waals surface area contributed by atoms with E-state index < -0.39 is 8.32 Å². The summed E-state index contributed by atoms with van der Waals surface area (Å²) in [7, 11) is -2.54. The third-order valence-corrected chi connectivity index (χ3v) is 9.77. The van der Waals surface area contributed by atoms with Crippen molar-refractivity contribution in [2.45, 2.75) is 38.3 Å². The van der Waals surface area contributed by atoms with Gasteiger partial charge >= 0.3 is 0 Å². The molecule has 0 spiro atoms. The van der Waals surface area contributed by atoms with Gasteiger partial charge in [0.1, 0.15) is 6.10 Å². The summed E-state index contributed by atoms with van der Waals surface area (Å²) in [5, 5.41) is 14.1. The number of rotatable bonds is 4. The summed E-state index contributed by atoms with van der Waals surface area (Å²) in [4.78, 5) is 0. The van der Waals surface area contributed by atoms with Crippen LogP contribution in [0.4, 0.5) is 0 Å². The Hall–Kier alpha value is -1.91. The second-order valence-electron chi connectivity index (χ2n) is 7.40. The first kappa shape index (κ1) is 16.9. The van der Waals surface area contributed by atoms with Crippen LogP contribution in [0.3, 0.4) is 0 Å². The predicted octanol–water partition coefficient (Wildman–Crippen LogP) is 2.92. The zero-order valence-corrected chi connectivity index (χ0v) is 15.6. The molecule has 3 rings (SSSR count). The van der Waals surface area contributed by atoms with Gasteiger partial charge in [-0.2, -0.15) is 0 Å². The van der Waals surface area contributed by atoms with E-state index in [9.17, 15) is 5.21 Å². The number of hydrogen-bond acceptors (Lipinski definition) is 2. The van der Waals surface area contributed by atoms with Gasteiger partial charge in [0, 0.05) is 6.42 Å². The molecule has 0 amide bonds. The molecule has 3 nitrogen and oxygen atoms in total. The monoisotopic (exact) mass is 339 g/mol. The van der Waals surface area contributed by atoms with E-state index in [-0.39, 0.29) is 11.1 Å². The van der Waals surface area contributed by atoms with E-state index in [4.69, 9.17) is 4.43 Å². The van der Waals surface area contributed by atoms with Crippen LogP contribution >= 0.6 is 0 Å². The van der Waals surface area contributed by atoms with Crippen LogP contribution in [0.1, 0.15) is 27.2 Å². The first-order chi connectivity index (χ1) is 11.4. The van der Waals surface area contributed by atoms with Crippen LogP contribution in [0.15, 0.2) is 60.7 Å². The molecule has 24 heavy (non-hydrogen) atoms. The lowest BCUT2D eigenvalue weighted by Crippen LogP contribution is -2.67. The van der Waals surface area contributed by atoms with Crippen LogP contribution < -0.4 is 10.4 Å². The minimum absolute atomic E-state index is 0.0557. The second kappa shape index (κ2) is 6.53. The van der Waals surface area contributed by atoms with Gasteiger partial charge in [-0.05, 0) is 15.4 Å². The molecule has 0 N–H and O–H groups in total. The summed E-state index contributed by atoms with van der Waals surface area (Å²) in [6.45, 7) is 7.28. The van der Waals surface area contributed by atoms with Crippen molar-refractivity contribution in [2.24, 2.45) is 0 Å². The maximum Gasteiger partial charge on any atom is 0.262 e. The smallest absolute Gasteiger partial charge is 0.262 e. The van der Waals surface area contributed by atoms with Crippen LogP contribution in [-0.2, 0) is 4.43 Å². The molecular formula is C20H25NO2Si. The molecule has 1 atom stereocenters. The standard InChI is InChI=1S/C20H25NO2Si/c1-20(2,3)24(18-10-6-4-7-11-18,19-12-8-5-9-13-19)23-17-14-15-21(22)16-17/h4-13,16-17H,14-15H2,1-3H3/t17-/m0/s1. The van der Waals surface area contributed by atoms with Crippen LogP contribution in [0.25, 0.3) is 0 Å². The van der Waals surface area contributed by atoms with Gasteiger partial charge in [-0.3, -0.25) is 0 Å². The van der Waals surface area contributed by atoms with Gasteiger partial charge in [-0.25, -0.2) is 4.74 Å². The highest BCUT2D eigenvalue weighted by Crippen LogP contribution is 2.37. The molecule has 4 heteroatoms. The molecule has 0 saturated carbocycles. The van der Waals surface area contributed by atoms with Crippen molar-refractivity contribution >= 4 is 24.9 Å². The molecule has 0 bridgehead atoms. The van der Waals surface area contributed by atoms with Crippen LogP contribution in [0.2, 0.25) is 5.04 Å². The molecule has 1 aliphatic heterocycles.